The molecule has 0 spiro atoms. The first-order valence-corrected chi connectivity index (χ1v) is 9.46. The van der Waals surface area contributed by atoms with Gasteiger partial charge in [0.05, 0.1) is 11.5 Å². The fourth-order valence-corrected chi connectivity index (χ4v) is 3.12. The molecule has 0 bridgehead atoms. The fourth-order valence-electron chi connectivity index (χ4n) is 1.93. The van der Waals surface area contributed by atoms with Crippen LogP contribution in [0.25, 0.3) is 0 Å². The van der Waals surface area contributed by atoms with Crippen molar-refractivity contribution in [3.63, 3.8) is 0 Å². The van der Waals surface area contributed by atoms with Gasteiger partial charge in [-0.05, 0) is 42.8 Å². The highest BCUT2D eigenvalue weighted by molar-refractivity contribution is 9.10. The van der Waals surface area contributed by atoms with Gasteiger partial charge in [0, 0.05) is 20.9 Å². The Morgan fingerprint density at radius 3 is 2.46 bits per heavy atom. The maximum Gasteiger partial charge on any atom is 0.234 e. The van der Waals surface area contributed by atoms with Crippen molar-refractivity contribution in [1.29, 1.82) is 0 Å². The molecule has 126 valence electrons. The molecule has 0 saturated heterocycles. The average Bonchev–Trinajstić information content (AvgIpc) is 2.52. The molecule has 2 aromatic rings. The second-order valence-corrected chi connectivity index (χ2v) is 7.32. The number of nitrogens with one attached hydrogen (secondary N) is 2. The third-order valence-corrected chi connectivity index (χ3v) is 4.95. The number of hydrogen-bond donors (Lipinski definition) is 2. The van der Waals surface area contributed by atoms with Crippen LogP contribution in [-0.2, 0) is 9.59 Å². The number of anilines is 2. The number of carbonyl (C=O) groups excluding carboxylic acids is 2. The zero-order chi connectivity index (χ0) is 17.5. The summed E-state index contributed by atoms with van der Waals surface area (Å²) in [6, 6.07) is 12.7. The Kier molecular flexibility index (Phi) is 7.15. The summed E-state index contributed by atoms with van der Waals surface area (Å²) in [5.74, 6) is 0.0808. The van der Waals surface area contributed by atoms with Gasteiger partial charge in [-0.1, -0.05) is 39.7 Å². The van der Waals surface area contributed by atoms with Crippen molar-refractivity contribution in [2.24, 2.45) is 0 Å². The number of hydrogen-bond acceptors (Lipinski definition) is 3. The van der Waals surface area contributed by atoms with E-state index >= 15 is 0 Å². The van der Waals surface area contributed by atoms with Crippen LogP contribution in [0.4, 0.5) is 11.4 Å². The van der Waals surface area contributed by atoms with Gasteiger partial charge in [0.25, 0.3) is 0 Å². The predicted octanol–water partition coefficient (Wildman–Crippen LogP) is 4.72. The topological polar surface area (TPSA) is 58.2 Å². The lowest BCUT2D eigenvalue weighted by Crippen LogP contribution is -2.18. The van der Waals surface area contributed by atoms with Crippen LogP contribution in [-0.4, -0.2) is 23.3 Å². The Balaban J connectivity index is 1.76. The van der Waals surface area contributed by atoms with Crippen LogP contribution < -0.4 is 10.6 Å². The summed E-state index contributed by atoms with van der Waals surface area (Å²) in [6.07, 6.45) is 0. The van der Waals surface area contributed by atoms with Crippen molar-refractivity contribution < 1.29 is 9.59 Å². The molecule has 0 fully saturated rings. The van der Waals surface area contributed by atoms with E-state index < -0.39 is 0 Å². The summed E-state index contributed by atoms with van der Waals surface area (Å²) in [5.41, 5.74) is 2.23. The van der Waals surface area contributed by atoms with Crippen LogP contribution in [0.2, 0.25) is 5.02 Å². The summed E-state index contributed by atoms with van der Waals surface area (Å²) < 4.78 is 0.893. The van der Waals surface area contributed by atoms with Gasteiger partial charge >= 0.3 is 0 Å². The summed E-state index contributed by atoms with van der Waals surface area (Å²) in [7, 11) is 0. The smallest absolute Gasteiger partial charge is 0.234 e. The number of rotatable bonds is 6. The van der Waals surface area contributed by atoms with Crippen molar-refractivity contribution in [3.05, 3.63) is 57.5 Å². The third-order valence-electron chi connectivity index (χ3n) is 3.12. The standard InChI is InChI=1S/C17H16BrClN2O2S/c1-11-14(19)6-3-7-15(11)21-17(23)10-24-9-16(22)20-13-5-2-4-12(18)8-13/h2-8H,9-10H2,1H3,(H,20,22)(H,21,23). The minimum absolute atomic E-state index is 0.148. The monoisotopic (exact) mass is 426 g/mol. The first kappa shape index (κ1) is 18.8. The van der Waals surface area contributed by atoms with E-state index in [1.165, 1.54) is 11.8 Å². The molecule has 24 heavy (non-hydrogen) atoms. The lowest BCUT2D eigenvalue weighted by molar-refractivity contribution is -0.114. The summed E-state index contributed by atoms with van der Waals surface area (Å²) in [5, 5.41) is 6.19. The molecule has 0 saturated carbocycles. The average molecular weight is 428 g/mol. The van der Waals surface area contributed by atoms with Crippen molar-refractivity contribution in [2.75, 3.05) is 22.1 Å². The van der Waals surface area contributed by atoms with Crippen LogP contribution in [0, 0.1) is 6.92 Å². The minimum Gasteiger partial charge on any atom is -0.325 e. The molecule has 0 aliphatic heterocycles. The summed E-state index contributed by atoms with van der Waals surface area (Å²) in [4.78, 5) is 23.8. The maximum atomic E-state index is 11.9. The quantitative estimate of drug-likeness (QED) is 0.701. The molecule has 0 atom stereocenters. The van der Waals surface area contributed by atoms with E-state index in [2.05, 4.69) is 26.6 Å². The minimum atomic E-state index is -0.166. The third kappa shape index (κ3) is 5.85. The van der Waals surface area contributed by atoms with Crippen molar-refractivity contribution in [1.82, 2.24) is 0 Å². The molecular weight excluding hydrogens is 412 g/mol. The van der Waals surface area contributed by atoms with Crippen LogP contribution >= 0.6 is 39.3 Å². The van der Waals surface area contributed by atoms with E-state index in [1.807, 2.05) is 31.2 Å². The molecule has 0 aliphatic rings. The number of benzene rings is 2. The van der Waals surface area contributed by atoms with Crippen LogP contribution in [0.3, 0.4) is 0 Å². The fraction of sp³-hybridized carbons (Fsp3) is 0.176. The number of halogens is 2. The van der Waals surface area contributed by atoms with E-state index in [4.69, 9.17) is 11.6 Å². The number of amides is 2. The lowest BCUT2D eigenvalue weighted by atomic mass is 10.2. The molecule has 0 radical (unpaired) electrons. The lowest BCUT2D eigenvalue weighted by Gasteiger charge is -2.09. The van der Waals surface area contributed by atoms with Gasteiger partial charge < -0.3 is 10.6 Å². The molecule has 2 rings (SSSR count). The molecule has 7 heteroatoms. The highest BCUT2D eigenvalue weighted by Gasteiger charge is 2.09. The summed E-state index contributed by atoms with van der Waals surface area (Å²) in [6.45, 7) is 1.84. The zero-order valence-electron chi connectivity index (χ0n) is 12.9. The Bertz CT molecular complexity index is 755. The van der Waals surface area contributed by atoms with Crippen LogP contribution in [0.1, 0.15) is 5.56 Å². The van der Waals surface area contributed by atoms with Gasteiger partial charge in [0.2, 0.25) is 11.8 Å². The zero-order valence-corrected chi connectivity index (χ0v) is 16.1. The van der Waals surface area contributed by atoms with Gasteiger partial charge in [-0.2, -0.15) is 0 Å². The Labute approximate surface area is 158 Å². The van der Waals surface area contributed by atoms with E-state index in [0.717, 1.165) is 10.0 Å². The normalized spacial score (nSPS) is 10.3. The molecule has 2 amide bonds. The molecule has 0 heterocycles. The molecule has 0 aromatic heterocycles. The molecular formula is C17H16BrClN2O2S. The van der Waals surface area contributed by atoms with Crippen molar-refractivity contribution >= 4 is 62.5 Å². The molecule has 4 nitrogen and oxygen atoms in total. The van der Waals surface area contributed by atoms with E-state index in [9.17, 15) is 9.59 Å². The Morgan fingerprint density at radius 1 is 1.08 bits per heavy atom. The largest absolute Gasteiger partial charge is 0.325 e. The van der Waals surface area contributed by atoms with Gasteiger partial charge in [-0.15, -0.1) is 11.8 Å². The van der Waals surface area contributed by atoms with Crippen molar-refractivity contribution in [3.8, 4) is 0 Å². The van der Waals surface area contributed by atoms with E-state index in [0.29, 0.717) is 16.4 Å². The Morgan fingerprint density at radius 2 is 1.75 bits per heavy atom. The van der Waals surface area contributed by atoms with Crippen molar-refractivity contribution in [2.45, 2.75) is 6.92 Å². The van der Waals surface area contributed by atoms with Gasteiger partial charge in [0.15, 0.2) is 0 Å². The number of carbonyl (C=O) groups is 2. The van der Waals surface area contributed by atoms with Gasteiger partial charge in [0.1, 0.15) is 0 Å². The number of thioether (sulfide) groups is 1. The van der Waals surface area contributed by atoms with Crippen LogP contribution in [0.5, 0.6) is 0 Å². The predicted molar refractivity (Wildman–Crippen MR) is 105 cm³/mol. The highest BCUT2D eigenvalue weighted by atomic mass is 79.9. The molecule has 2 aromatic carbocycles. The summed E-state index contributed by atoms with van der Waals surface area (Å²) >= 11 is 10.6. The first-order chi connectivity index (χ1) is 11.5. The SMILES string of the molecule is Cc1c(Cl)cccc1NC(=O)CSCC(=O)Nc1cccc(Br)c1. The molecule has 0 aliphatic carbocycles. The maximum absolute atomic E-state index is 11.9. The Hall–Kier alpha value is -1.50. The molecule has 2 N–H and O–H groups in total. The van der Waals surface area contributed by atoms with Gasteiger partial charge in [-0.25, -0.2) is 0 Å². The van der Waals surface area contributed by atoms with E-state index in [-0.39, 0.29) is 23.3 Å². The van der Waals surface area contributed by atoms with Crippen LogP contribution in [0.15, 0.2) is 46.9 Å². The highest BCUT2D eigenvalue weighted by Crippen LogP contribution is 2.23. The van der Waals surface area contributed by atoms with E-state index in [1.54, 1.807) is 18.2 Å². The second-order valence-electron chi connectivity index (χ2n) is 5.01. The molecule has 0 unspecified atom stereocenters. The second kappa shape index (κ2) is 9.11. The van der Waals surface area contributed by atoms with Gasteiger partial charge in [-0.3, -0.25) is 9.59 Å². The first-order valence-electron chi connectivity index (χ1n) is 7.14.